The minimum absolute atomic E-state index is 0.103. The molecule has 2 rings (SSSR count). The van der Waals surface area contributed by atoms with Gasteiger partial charge in [-0.2, -0.15) is 4.39 Å². The minimum Gasteiger partial charge on any atom is -0.295 e. The van der Waals surface area contributed by atoms with E-state index in [4.69, 9.17) is 11.6 Å². The molecule has 1 heterocycles. The van der Waals surface area contributed by atoms with Crippen LogP contribution in [-0.4, -0.2) is 9.55 Å². The first-order valence-corrected chi connectivity index (χ1v) is 6.10. The van der Waals surface area contributed by atoms with E-state index in [-0.39, 0.29) is 6.54 Å². The van der Waals surface area contributed by atoms with Crippen LogP contribution in [0.25, 0.3) is 0 Å². The SMILES string of the molecule is Cc1cccc(CCn2c(=O)[nH]c(Cl)c(F)c2=O)c1. The van der Waals surface area contributed by atoms with Crippen molar-refractivity contribution in [1.29, 1.82) is 0 Å². The lowest BCUT2D eigenvalue weighted by Crippen LogP contribution is -2.37. The highest BCUT2D eigenvalue weighted by Crippen LogP contribution is 2.06. The van der Waals surface area contributed by atoms with Crippen molar-refractivity contribution in [3.63, 3.8) is 0 Å². The van der Waals surface area contributed by atoms with E-state index < -0.39 is 22.2 Å². The Morgan fingerprint density at radius 3 is 2.79 bits per heavy atom. The lowest BCUT2D eigenvalue weighted by atomic mass is 10.1. The van der Waals surface area contributed by atoms with Crippen molar-refractivity contribution in [3.8, 4) is 0 Å². The first-order valence-electron chi connectivity index (χ1n) is 5.72. The summed E-state index contributed by atoms with van der Waals surface area (Å²) in [7, 11) is 0. The molecule has 0 saturated carbocycles. The third-order valence-corrected chi connectivity index (χ3v) is 3.05. The van der Waals surface area contributed by atoms with Gasteiger partial charge < -0.3 is 0 Å². The van der Waals surface area contributed by atoms with Crippen molar-refractivity contribution in [2.24, 2.45) is 0 Å². The minimum atomic E-state index is -1.13. The Hall–Kier alpha value is -1.88. The van der Waals surface area contributed by atoms with Crippen LogP contribution in [0.1, 0.15) is 11.1 Å². The molecule has 19 heavy (non-hydrogen) atoms. The molecule has 0 aliphatic carbocycles. The normalized spacial score (nSPS) is 10.7. The topological polar surface area (TPSA) is 54.9 Å². The zero-order valence-corrected chi connectivity index (χ0v) is 11.0. The van der Waals surface area contributed by atoms with Gasteiger partial charge in [0.15, 0.2) is 5.15 Å². The van der Waals surface area contributed by atoms with Gasteiger partial charge in [-0.05, 0) is 18.9 Å². The Balaban J connectivity index is 2.28. The summed E-state index contributed by atoms with van der Waals surface area (Å²) in [5.41, 5.74) is 0.355. The van der Waals surface area contributed by atoms with Crippen LogP contribution in [0.5, 0.6) is 0 Å². The first-order chi connectivity index (χ1) is 8.99. The van der Waals surface area contributed by atoms with Gasteiger partial charge in [0, 0.05) is 6.54 Å². The number of benzene rings is 1. The number of aryl methyl sites for hydroxylation is 2. The molecular formula is C13H12ClFN2O2. The zero-order chi connectivity index (χ0) is 14.0. The summed E-state index contributed by atoms with van der Waals surface area (Å²) in [5, 5.41) is -0.554. The smallest absolute Gasteiger partial charge is 0.295 e. The second-order valence-corrected chi connectivity index (χ2v) is 4.63. The predicted molar refractivity (Wildman–Crippen MR) is 71.2 cm³/mol. The van der Waals surface area contributed by atoms with Crippen LogP contribution >= 0.6 is 11.6 Å². The molecule has 0 aliphatic rings. The molecule has 6 heteroatoms. The third kappa shape index (κ3) is 2.93. The van der Waals surface area contributed by atoms with E-state index in [0.717, 1.165) is 15.7 Å². The molecule has 1 aromatic carbocycles. The number of nitrogens with zero attached hydrogens (tertiary/aromatic N) is 1. The molecular weight excluding hydrogens is 271 g/mol. The van der Waals surface area contributed by atoms with Gasteiger partial charge in [0.1, 0.15) is 0 Å². The average Bonchev–Trinajstić information content (AvgIpc) is 2.36. The van der Waals surface area contributed by atoms with Crippen LogP contribution < -0.4 is 11.2 Å². The molecule has 0 radical (unpaired) electrons. The Morgan fingerprint density at radius 1 is 1.37 bits per heavy atom. The third-order valence-electron chi connectivity index (χ3n) is 2.79. The lowest BCUT2D eigenvalue weighted by molar-refractivity contribution is 0.539. The number of aromatic nitrogens is 2. The van der Waals surface area contributed by atoms with Gasteiger partial charge in [-0.1, -0.05) is 41.4 Å². The molecule has 0 saturated heterocycles. The van der Waals surface area contributed by atoms with Crippen LogP contribution in [0, 0.1) is 12.7 Å². The molecule has 1 aromatic heterocycles. The van der Waals surface area contributed by atoms with E-state index in [0.29, 0.717) is 6.42 Å². The Bertz CT molecular complexity index is 721. The molecule has 0 bridgehead atoms. The van der Waals surface area contributed by atoms with E-state index in [1.54, 1.807) is 0 Å². The maximum atomic E-state index is 13.3. The maximum Gasteiger partial charge on any atom is 0.329 e. The van der Waals surface area contributed by atoms with E-state index in [1.165, 1.54) is 0 Å². The van der Waals surface area contributed by atoms with Gasteiger partial charge >= 0.3 is 5.69 Å². The Morgan fingerprint density at radius 2 is 2.11 bits per heavy atom. The molecule has 0 atom stereocenters. The number of nitrogens with one attached hydrogen (secondary N) is 1. The second kappa shape index (κ2) is 5.40. The standard InChI is InChI=1S/C13H12ClFN2O2/c1-8-3-2-4-9(7-8)5-6-17-12(18)10(15)11(14)16-13(17)19/h2-4,7H,5-6H2,1H3,(H,16,19). The highest BCUT2D eigenvalue weighted by atomic mass is 35.5. The average molecular weight is 283 g/mol. The van der Waals surface area contributed by atoms with E-state index in [9.17, 15) is 14.0 Å². The van der Waals surface area contributed by atoms with Crippen molar-refractivity contribution in [2.75, 3.05) is 0 Å². The van der Waals surface area contributed by atoms with Gasteiger partial charge in [-0.25, -0.2) is 4.79 Å². The van der Waals surface area contributed by atoms with Gasteiger partial charge in [0.25, 0.3) is 5.56 Å². The molecule has 4 nitrogen and oxygen atoms in total. The Labute approximate surface area is 113 Å². The largest absolute Gasteiger partial charge is 0.329 e. The Kier molecular flexibility index (Phi) is 3.85. The summed E-state index contributed by atoms with van der Waals surface area (Å²) in [6, 6.07) is 7.68. The maximum absolute atomic E-state index is 13.3. The second-order valence-electron chi connectivity index (χ2n) is 4.25. The fraction of sp³-hybridized carbons (Fsp3) is 0.231. The molecule has 100 valence electrons. The van der Waals surface area contributed by atoms with E-state index in [1.807, 2.05) is 31.2 Å². The fourth-order valence-corrected chi connectivity index (χ4v) is 1.99. The molecule has 0 spiro atoms. The summed E-state index contributed by atoms with van der Waals surface area (Å²) in [6.45, 7) is 2.05. The van der Waals surface area contributed by atoms with Crippen LogP contribution in [0.15, 0.2) is 33.9 Å². The molecule has 0 amide bonds. The number of halogens is 2. The summed E-state index contributed by atoms with van der Waals surface area (Å²) in [6.07, 6.45) is 0.464. The number of H-pyrrole nitrogens is 1. The van der Waals surface area contributed by atoms with Crippen LogP contribution in [-0.2, 0) is 13.0 Å². The van der Waals surface area contributed by atoms with E-state index >= 15 is 0 Å². The molecule has 0 fully saturated rings. The van der Waals surface area contributed by atoms with Gasteiger partial charge in [-0.15, -0.1) is 0 Å². The first kappa shape index (κ1) is 13.5. The van der Waals surface area contributed by atoms with Crippen LogP contribution in [0.3, 0.4) is 0 Å². The van der Waals surface area contributed by atoms with Crippen LogP contribution in [0.2, 0.25) is 5.15 Å². The monoisotopic (exact) mass is 282 g/mol. The fourth-order valence-electron chi connectivity index (χ4n) is 1.83. The number of hydrogen-bond acceptors (Lipinski definition) is 2. The number of hydrogen-bond donors (Lipinski definition) is 1. The molecule has 2 aromatic rings. The quantitative estimate of drug-likeness (QED) is 0.874. The van der Waals surface area contributed by atoms with Crippen molar-refractivity contribution < 1.29 is 4.39 Å². The van der Waals surface area contributed by atoms with Crippen molar-refractivity contribution in [1.82, 2.24) is 9.55 Å². The van der Waals surface area contributed by atoms with Gasteiger partial charge in [-0.3, -0.25) is 14.3 Å². The highest BCUT2D eigenvalue weighted by Gasteiger charge is 2.11. The summed E-state index contributed by atoms with van der Waals surface area (Å²) in [4.78, 5) is 25.2. The summed E-state index contributed by atoms with van der Waals surface area (Å²) in [5.74, 6) is -1.13. The highest BCUT2D eigenvalue weighted by molar-refractivity contribution is 6.29. The van der Waals surface area contributed by atoms with Gasteiger partial charge in [0.05, 0.1) is 0 Å². The predicted octanol–water partition coefficient (Wildman–Crippen LogP) is 1.88. The molecule has 0 unspecified atom stereocenters. The summed E-state index contributed by atoms with van der Waals surface area (Å²) < 4.78 is 14.1. The number of aromatic amines is 1. The molecule has 0 aliphatic heterocycles. The zero-order valence-electron chi connectivity index (χ0n) is 10.2. The number of rotatable bonds is 3. The van der Waals surface area contributed by atoms with Crippen molar-refractivity contribution in [3.05, 3.63) is 67.2 Å². The lowest BCUT2D eigenvalue weighted by Gasteiger charge is -2.06. The van der Waals surface area contributed by atoms with E-state index in [2.05, 4.69) is 4.98 Å². The van der Waals surface area contributed by atoms with Crippen LogP contribution in [0.4, 0.5) is 4.39 Å². The van der Waals surface area contributed by atoms with Gasteiger partial charge in [0.2, 0.25) is 5.82 Å². The van der Waals surface area contributed by atoms with Crippen molar-refractivity contribution in [2.45, 2.75) is 19.9 Å². The van der Waals surface area contributed by atoms with Crippen molar-refractivity contribution >= 4 is 11.6 Å². The molecule has 1 N–H and O–H groups in total. The summed E-state index contributed by atoms with van der Waals surface area (Å²) >= 11 is 5.39.